The highest BCUT2D eigenvalue weighted by molar-refractivity contribution is 5.85. The molecule has 6 heteroatoms. The highest BCUT2D eigenvalue weighted by Crippen LogP contribution is 2.10. The van der Waals surface area contributed by atoms with Crippen molar-refractivity contribution in [3.63, 3.8) is 0 Å². The van der Waals surface area contributed by atoms with Gasteiger partial charge in [0.05, 0.1) is 18.8 Å². The van der Waals surface area contributed by atoms with Gasteiger partial charge in [-0.3, -0.25) is 4.79 Å². The van der Waals surface area contributed by atoms with Crippen LogP contribution < -0.4 is 16.0 Å². The maximum atomic E-state index is 11.2. The molecule has 3 N–H and O–H groups in total. The topological polar surface area (TPSA) is 81.0 Å². The van der Waals surface area contributed by atoms with Gasteiger partial charge in [-0.1, -0.05) is 0 Å². The van der Waals surface area contributed by atoms with Crippen molar-refractivity contribution >= 4 is 12.4 Å². The monoisotopic (exact) mass is 219 g/mol. The minimum Gasteiger partial charge on any atom is -0.490 e. The first-order valence-electron chi connectivity index (χ1n) is 3.88. The summed E-state index contributed by atoms with van der Waals surface area (Å²) in [4.78, 5) is 17.8. The Balaban J connectivity index is 0.00000169. The van der Waals surface area contributed by atoms with E-state index in [9.17, 15) is 4.79 Å². The molecule has 0 fully saturated rings. The Morgan fingerprint density at radius 2 is 2.14 bits per heavy atom. The zero-order valence-corrected chi connectivity index (χ0v) is 9.14. The Kier molecular flexibility index (Phi) is 4.09. The number of methoxy groups -OCH3 is 1. The molecule has 80 valence electrons. The SMILES string of the molecule is COc1cnc(C(C)(C)N)[nH]c1=O.Cl. The van der Waals surface area contributed by atoms with Crippen LogP contribution in [-0.4, -0.2) is 17.1 Å². The summed E-state index contributed by atoms with van der Waals surface area (Å²) in [6.45, 7) is 3.52. The summed E-state index contributed by atoms with van der Waals surface area (Å²) in [5.41, 5.74) is 4.78. The molecule has 0 aromatic carbocycles. The normalized spacial score (nSPS) is 10.6. The Morgan fingerprint density at radius 1 is 1.57 bits per heavy atom. The van der Waals surface area contributed by atoms with Crippen molar-refractivity contribution in [2.24, 2.45) is 5.73 Å². The van der Waals surface area contributed by atoms with E-state index in [-0.39, 0.29) is 23.7 Å². The van der Waals surface area contributed by atoms with Crippen molar-refractivity contribution in [2.75, 3.05) is 7.11 Å². The van der Waals surface area contributed by atoms with Crippen molar-refractivity contribution in [2.45, 2.75) is 19.4 Å². The molecule has 0 aliphatic rings. The molecule has 1 aromatic heterocycles. The minimum atomic E-state index is -0.647. The molecule has 0 aliphatic carbocycles. The molecule has 5 nitrogen and oxygen atoms in total. The zero-order chi connectivity index (χ0) is 10.1. The molecule has 0 spiro atoms. The standard InChI is InChI=1S/C8H13N3O2.ClH/c1-8(2,9)7-10-4-5(13-3)6(12)11-7;/h4H,9H2,1-3H3,(H,10,11,12);1H. The van der Waals surface area contributed by atoms with Gasteiger partial charge in [-0.2, -0.15) is 0 Å². The first kappa shape index (κ1) is 12.9. The van der Waals surface area contributed by atoms with Crippen molar-refractivity contribution in [3.8, 4) is 5.75 Å². The molecular formula is C8H14ClN3O2. The van der Waals surface area contributed by atoms with Crippen LogP contribution in [0.1, 0.15) is 19.7 Å². The number of aromatic amines is 1. The number of halogens is 1. The highest BCUT2D eigenvalue weighted by atomic mass is 35.5. The maximum absolute atomic E-state index is 11.2. The molecule has 0 saturated carbocycles. The van der Waals surface area contributed by atoms with Gasteiger partial charge in [-0.05, 0) is 13.8 Å². The number of aromatic nitrogens is 2. The van der Waals surface area contributed by atoms with Gasteiger partial charge < -0.3 is 15.5 Å². The minimum absolute atomic E-state index is 0. The van der Waals surface area contributed by atoms with Crippen LogP contribution in [0.5, 0.6) is 5.75 Å². The number of ether oxygens (including phenoxy) is 1. The van der Waals surface area contributed by atoms with Crippen LogP contribution in [0.25, 0.3) is 0 Å². The lowest BCUT2D eigenvalue weighted by molar-refractivity contribution is 0.401. The van der Waals surface area contributed by atoms with Crippen molar-refractivity contribution < 1.29 is 4.74 Å². The van der Waals surface area contributed by atoms with Gasteiger partial charge >= 0.3 is 0 Å². The van der Waals surface area contributed by atoms with E-state index >= 15 is 0 Å². The van der Waals surface area contributed by atoms with Gasteiger partial charge in [-0.15, -0.1) is 12.4 Å². The fraction of sp³-hybridized carbons (Fsp3) is 0.500. The molecule has 14 heavy (non-hydrogen) atoms. The summed E-state index contributed by atoms with van der Waals surface area (Å²) in [5, 5.41) is 0. The van der Waals surface area contributed by atoms with Gasteiger partial charge in [0.15, 0.2) is 0 Å². The molecule has 0 radical (unpaired) electrons. The molecule has 0 aliphatic heterocycles. The van der Waals surface area contributed by atoms with E-state index in [4.69, 9.17) is 10.5 Å². The smallest absolute Gasteiger partial charge is 0.293 e. The molecule has 0 bridgehead atoms. The summed E-state index contributed by atoms with van der Waals surface area (Å²) >= 11 is 0. The largest absolute Gasteiger partial charge is 0.490 e. The summed E-state index contributed by atoms with van der Waals surface area (Å²) in [7, 11) is 1.42. The maximum Gasteiger partial charge on any atom is 0.293 e. The molecule has 0 amide bonds. The quantitative estimate of drug-likeness (QED) is 0.754. The summed E-state index contributed by atoms with van der Waals surface area (Å²) in [6, 6.07) is 0. The fourth-order valence-electron chi connectivity index (χ4n) is 0.856. The number of H-pyrrole nitrogens is 1. The van der Waals surface area contributed by atoms with Crippen LogP contribution in [0, 0.1) is 0 Å². The lowest BCUT2D eigenvalue weighted by atomic mass is 10.1. The number of nitrogens with two attached hydrogens (primary N) is 1. The van der Waals surface area contributed by atoms with E-state index < -0.39 is 5.54 Å². The second kappa shape index (κ2) is 4.43. The Labute approximate surface area is 88.1 Å². The molecule has 1 rings (SSSR count). The molecule has 0 atom stereocenters. The van der Waals surface area contributed by atoms with Crippen LogP contribution >= 0.6 is 12.4 Å². The van der Waals surface area contributed by atoms with E-state index in [0.29, 0.717) is 5.82 Å². The van der Waals surface area contributed by atoms with Gasteiger partial charge in [0, 0.05) is 0 Å². The lowest BCUT2D eigenvalue weighted by Crippen LogP contribution is -2.33. The van der Waals surface area contributed by atoms with Gasteiger partial charge in [-0.25, -0.2) is 4.98 Å². The summed E-state index contributed by atoms with van der Waals surface area (Å²) in [5.74, 6) is 0.631. The first-order valence-corrected chi connectivity index (χ1v) is 3.88. The number of hydrogen-bond acceptors (Lipinski definition) is 4. The Morgan fingerprint density at radius 3 is 2.50 bits per heavy atom. The molecular weight excluding hydrogens is 206 g/mol. The predicted molar refractivity (Wildman–Crippen MR) is 55.9 cm³/mol. The third-order valence-corrected chi connectivity index (χ3v) is 1.60. The predicted octanol–water partition coefficient (Wildman–Crippen LogP) is 0.394. The van der Waals surface area contributed by atoms with Crippen molar-refractivity contribution in [1.29, 1.82) is 0 Å². The molecule has 0 unspecified atom stereocenters. The average molecular weight is 220 g/mol. The first-order chi connectivity index (χ1) is 5.95. The van der Waals surface area contributed by atoms with Gasteiger partial charge in [0.25, 0.3) is 5.56 Å². The van der Waals surface area contributed by atoms with Crippen LogP contribution in [0.15, 0.2) is 11.0 Å². The van der Waals surface area contributed by atoms with E-state index in [1.807, 2.05) is 0 Å². The molecule has 1 heterocycles. The van der Waals surface area contributed by atoms with Crippen molar-refractivity contribution in [3.05, 3.63) is 22.4 Å². The molecule has 1 aromatic rings. The molecule has 0 saturated heterocycles. The second-order valence-electron chi connectivity index (χ2n) is 3.35. The highest BCUT2D eigenvalue weighted by Gasteiger charge is 2.17. The summed E-state index contributed by atoms with van der Waals surface area (Å²) in [6.07, 6.45) is 1.36. The van der Waals surface area contributed by atoms with Crippen LogP contribution in [0.2, 0.25) is 0 Å². The number of hydrogen-bond donors (Lipinski definition) is 2. The third kappa shape index (κ3) is 2.71. The number of nitrogens with one attached hydrogen (secondary N) is 1. The third-order valence-electron chi connectivity index (χ3n) is 1.60. The van der Waals surface area contributed by atoms with E-state index in [0.717, 1.165) is 0 Å². The van der Waals surface area contributed by atoms with E-state index in [1.165, 1.54) is 13.3 Å². The Bertz CT molecular complexity index is 356. The van der Waals surface area contributed by atoms with Crippen LogP contribution in [0.3, 0.4) is 0 Å². The Hall–Kier alpha value is -1.07. The van der Waals surface area contributed by atoms with Crippen LogP contribution in [0.4, 0.5) is 0 Å². The van der Waals surface area contributed by atoms with Gasteiger partial charge in [0.1, 0.15) is 5.82 Å². The van der Waals surface area contributed by atoms with Crippen molar-refractivity contribution in [1.82, 2.24) is 9.97 Å². The van der Waals surface area contributed by atoms with E-state index in [1.54, 1.807) is 13.8 Å². The fourth-order valence-corrected chi connectivity index (χ4v) is 0.856. The summed E-state index contributed by atoms with van der Waals surface area (Å²) < 4.78 is 4.77. The van der Waals surface area contributed by atoms with Gasteiger partial charge in [0.2, 0.25) is 5.75 Å². The van der Waals surface area contributed by atoms with E-state index in [2.05, 4.69) is 9.97 Å². The zero-order valence-electron chi connectivity index (χ0n) is 8.33. The number of nitrogens with zero attached hydrogens (tertiary/aromatic N) is 1. The lowest BCUT2D eigenvalue weighted by Gasteiger charge is -2.16. The average Bonchev–Trinajstić information content (AvgIpc) is 2.02. The van der Waals surface area contributed by atoms with Crippen LogP contribution in [-0.2, 0) is 5.54 Å². The second-order valence-corrected chi connectivity index (χ2v) is 3.35. The number of rotatable bonds is 2.